The van der Waals surface area contributed by atoms with Gasteiger partial charge in [-0.3, -0.25) is 9.59 Å². The number of carbonyl (C=O) groups is 2. The van der Waals surface area contributed by atoms with E-state index in [1.807, 2.05) is 13.0 Å². The van der Waals surface area contributed by atoms with Gasteiger partial charge in [0.05, 0.1) is 28.4 Å². The molecule has 1 saturated heterocycles. The van der Waals surface area contributed by atoms with E-state index in [9.17, 15) is 9.59 Å². The monoisotopic (exact) mass is 400 g/mol. The van der Waals surface area contributed by atoms with Crippen LogP contribution >= 0.6 is 0 Å². The van der Waals surface area contributed by atoms with Gasteiger partial charge in [0.25, 0.3) is 5.78 Å². The molecule has 0 N–H and O–H groups in total. The Balaban J connectivity index is 2.03. The van der Waals surface area contributed by atoms with Gasteiger partial charge >= 0.3 is 0 Å². The minimum atomic E-state index is -0.687. The fourth-order valence-corrected chi connectivity index (χ4v) is 4.77. The summed E-state index contributed by atoms with van der Waals surface area (Å²) in [5, 5.41) is 0. The summed E-state index contributed by atoms with van der Waals surface area (Å²) in [7, 11) is 6.10. The molecule has 0 radical (unpaired) electrons. The van der Waals surface area contributed by atoms with Crippen LogP contribution in [0.1, 0.15) is 30.9 Å². The summed E-state index contributed by atoms with van der Waals surface area (Å²) in [6, 6.07) is 1.93. The van der Waals surface area contributed by atoms with E-state index < -0.39 is 17.2 Å². The molecule has 29 heavy (non-hydrogen) atoms. The predicted molar refractivity (Wildman–Crippen MR) is 103 cm³/mol. The first-order valence-corrected chi connectivity index (χ1v) is 9.40. The highest BCUT2D eigenvalue weighted by Gasteiger charge is 2.54. The number of benzene rings is 1. The van der Waals surface area contributed by atoms with E-state index in [2.05, 4.69) is 6.92 Å². The highest BCUT2D eigenvalue weighted by molar-refractivity contribution is 6.48. The number of Topliss-reactive ketones (excluding diaryl/α,β-unsaturated/α-hetero) is 1. The quantitative estimate of drug-likeness (QED) is 0.568. The molecule has 0 amide bonds. The smallest absolute Gasteiger partial charge is 0.271 e. The normalized spacial score (nSPS) is 27.4. The third-order valence-corrected chi connectivity index (χ3v) is 6.35. The van der Waals surface area contributed by atoms with Crippen LogP contribution in [0.5, 0.6) is 17.2 Å². The van der Waals surface area contributed by atoms with Crippen LogP contribution in [0.4, 0.5) is 0 Å². The minimum Gasteiger partial charge on any atom is -0.493 e. The maximum Gasteiger partial charge on any atom is 0.271 e. The van der Waals surface area contributed by atoms with E-state index in [1.165, 1.54) is 13.2 Å². The molecule has 1 heterocycles. The number of ether oxygens (including phenoxy) is 5. The standard InChI is InChI=1S/C22H24O7/c1-10-16-11-8-15(25-3)20(27-5)18(26-4)13(11)9-22(10,2)29-19-12(16)7-14(23)17(24)21(19)28-6/h7-8,10,16H,9H2,1-6H3/t10-,16+,22+/m1/s1. The van der Waals surface area contributed by atoms with Gasteiger partial charge in [-0.1, -0.05) is 6.92 Å². The molecule has 0 unspecified atom stereocenters. The molecule has 0 saturated carbocycles. The van der Waals surface area contributed by atoms with Gasteiger partial charge < -0.3 is 23.7 Å². The van der Waals surface area contributed by atoms with Crippen LogP contribution in [-0.4, -0.2) is 45.6 Å². The molecule has 0 aromatic heterocycles. The number of ketones is 2. The molecule has 1 fully saturated rings. The molecule has 1 aromatic rings. The average molecular weight is 400 g/mol. The lowest BCUT2D eigenvalue weighted by Crippen LogP contribution is -2.51. The van der Waals surface area contributed by atoms with Crippen LogP contribution in [0.15, 0.2) is 29.2 Å². The average Bonchev–Trinajstić information content (AvgIpc) is 2.70. The van der Waals surface area contributed by atoms with Gasteiger partial charge in [0.1, 0.15) is 5.60 Å². The molecule has 154 valence electrons. The topological polar surface area (TPSA) is 80.3 Å². The van der Waals surface area contributed by atoms with Gasteiger partial charge in [0.2, 0.25) is 17.3 Å². The van der Waals surface area contributed by atoms with E-state index in [4.69, 9.17) is 23.7 Å². The maximum atomic E-state index is 12.4. The number of hydrogen-bond acceptors (Lipinski definition) is 7. The van der Waals surface area contributed by atoms with Crippen molar-refractivity contribution in [3.8, 4) is 17.2 Å². The third-order valence-electron chi connectivity index (χ3n) is 6.35. The van der Waals surface area contributed by atoms with Crippen molar-refractivity contribution in [1.82, 2.24) is 0 Å². The summed E-state index contributed by atoms with van der Waals surface area (Å²) in [6.45, 7) is 4.09. The van der Waals surface area contributed by atoms with Crippen molar-refractivity contribution in [2.45, 2.75) is 31.8 Å². The lowest BCUT2D eigenvalue weighted by molar-refractivity contribution is -0.135. The zero-order chi connectivity index (χ0) is 21.1. The Morgan fingerprint density at radius 2 is 1.72 bits per heavy atom. The SMILES string of the molecule is COC1=C2O[C@@]3(C)Cc4c(cc(OC)c(OC)c4OC)[C@@H](C2=CC(=O)C1=O)[C@H]3C. The minimum absolute atomic E-state index is 0.0342. The van der Waals surface area contributed by atoms with Gasteiger partial charge in [0.15, 0.2) is 17.3 Å². The summed E-state index contributed by atoms with van der Waals surface area (Å²) in [5.74, 6) is 0.506. The van der Waals surface area contributed by atoms with E-state index in [0.717, 1.165) is 11.1 Å². The van der Waals surface area contributed by atoms with Crippen molar-refractivity contribution in [3.63, 3.8) is 0 Å². The molecule has 7 heteroatoms. The van der Waals surface area contributed by atoms with Gasteiger partial charge in [-0.25, -0.2) is 0 Å². The molecular formula is C22H24O7. The Kier molecular flexibility index (Phi) is 4.37. The van der Waals surface area contributed by atoms with Gasteiger partial charge in [-0.2, -0.15) is 0 Å². The Morgan fingerprint density at radius 1 is 1.03 bits per heavy atom. The van der Waals surface area contributed by atoms with E-state index in [1.54, 1.807) is 21.3 Å². The number of fused-ring (bicyclic) bond motifs is 6. The van der Waals surface area contributed by atoms with Crippen LogP contribution in [0.2, 0.25) is 0 Å². The summed E-state index contributed by atoms with van der Waals surface area (Å²) in [5.41, 5.74) is 1.93. The fraction of sp³-hybridized carbons (Fsp3) is 0.455. The van der Waals surface area contributed by atoms with Crippen LogP contribution in [0.25, 0.3) is 0 Å². The lowest BCUT2D eigenvalue weighted by atomic mass is 9.62. The van der Waals surface area contributed by atoms with Crippen molar-refractivity contribution in [3.05, 3.63) is 40.4 Å². The van der Waals surface area contributed by atoms with Gasteiger partial charge in [0, 0.05) is 29.4 Å². The summed E-state index contributed by atoms with van der Waals surface area (Å²) < 4.78 is 28.4. The Labute approximate surface area is 169 Å². The highest BCUT2D eigenvalue weighted by Crippen LogP contribution is 2.59. The second-order valence-electron chi connectivity index (χ2n) is 7.73. The van der Waals surface area contributed by atoms with Crippen LogP contribution < -0.4 is 14.2 Å². The molecule has 1 aliphatic heterocycles. The number of carbonyl (C=O) groups excluding carboxylic acids is 2. The number of rotatable bonds is 4. The highest BCUT2D eigenvalue weighted by atomic mass is 16.5. The van der Waals surface area contributed by atoms with Gasteiger partial charge in [-0.05, 0) is 24.6 Å². The third kappa shape index (κ3) is 2.49. The van der Waals surface area contributed by atoms with Crippen LogP contribution in [-0.2, 0) is 25.5 Å². The Hall–Kier alpha value is -2.96. The fourth-order valence-electron chi connectivity index (χ4n) is 4.77. The Morgan fingerprint density at radius 3 is 2.31 bits per heavy atom. The van der Waals surface area contributed by atoms with Crippen LogP contribution in [0, 0.1) is 5.92 Å². The van der Waals surface area contributed by atoms with E-state index >= 15 is 0 Å². The number of hydrogen-bond donors (Lipinski definition) is 0. The summed E-state index contributed by atoms with van der Waals surface area (Å²) in [6.07, 6.45) is 1.92. The summed E-state index contributed by atoms with van der Waals surface area (Å²) in [4.78, 5) is 24.7. The van der Waals surface area contributed by atoms with Crippen molar-refractivity contribution in [2.75, 3.05) is 28.4 Å². The number of methoxy groups -OCH3 is 4. The number of allylic oxidation sites excluding steroid dienone is 3. The second-order valence-corrected chi connectivity index (χ2v) is 7.73. The van der Waals surface area contributed by atoms with Crippen molar-refractivity contribution in [1.29, 1.82) is 0 Å². The zero-order valence-corrected chi connectivity index (χ0v) is 17.4. The first-order chi connectivity index (χ1) is 13.8. The van der Waals surface area contributed by atoms with Crippen molar-refractivity contribution < 1.29 is 33.3 Å². The molecule has 4 rings (SSSR count). The zero-order valence-electron chi connectivity index (χ0n) is 17.4. The molecule has 3 aliphatic rings. The summed E-state index contributed by atoms with van der Waals surface area (Å²) >= 11 is 0. The molecule has 2 aliphatic carbocycles. The molecule has 3 atom stereocenters. The molecule has 0 spiro atoms. The molecule has 7 nitrogen and oxygen atoms in total. The van der Waals surface area contributed by atoms with Crippen molar-refractivity contribution in [2.24, 2.45) is 5.92 Å². The van der Waals surface area contributed by atoms with Gasteiger partial charge in [-0.15, -0.1) is 0 Å². The molecule has 2 bridgehead atoms. The molecular weight excluding hydrogens is 376 g/mol. The lowest BCUT2D eigenvalue weighted by Gasteiger charge is -2.52. The van der Waals surface area contributed by atoms with Crippen molar-refractivity contribution >= 4 is 11.6 Å². The Bertz CT molecular complexity index is 987. The molecule has 1 aromatic carbocycles. The maximum absolute atomic E-state index is 12.4. The second kappa shape index (κ2) is 6.54. The van der Waals surface area contributed by atoms with E-state index in [0.29, 0.717) is 35.0 Å². The predicted octanol–water partition coefficient (Wildman–Crippen LogP) is 2.71. The first-order valence-electron chi connectivity index (χ1n) is 9.40. The van der Waals surface area contributed by atoms with Crippen LogP contribution in [0.3, 0.4) is 0 Å². The van der Waals surface area contributed by atoms with E-state index in [-0.39, 0.29) is 17.6 Å². The largest absolute Gasteiger partial charge is 0.493 e. The first kappa shape index (κ1) is 19.4.